The van der Waals surface area contributed by atoms with Gasteiger partial charge in [0.05, 0.1) is 13.2 Å². The van der Waals surface area contributed by atoms with Crippen molar-refractivity contribution in [2.45, 2.75) is 26.4 Å². The summed E-state index contributed by atoms with van der Waals surface area (Å²) in [6.45, 7) is 5.57. The molecule has 0 unspecified atom stereocenters. The molecule has 0 bridgehead atoms. The van der Waals surface area contributed by atoms with Crippen LogP contribution >= 0.6 is 24.0 Å². The fraction of sp³-hybridized carbons (Fsp3) is 0.471. The molecule has 0 radical (unpaired) electrons. The lowest BCUT2D eigenvalue weighted by atomic mass is 10.2. The van der Waals surface area contributed by atoms with Gasteiger partial charge in [0.25, 0.3) is 0 Å². The summed E-state index contributed by atoms with van der Waals surface area (Å²) in [7, 11) is 0. The van der Waals surface area contributed by atoms with Crippen LogP contribution in [0.25, 0.3) is 0 Å². The quantitative estimate of drug-likeness (QED) is 0.214. The van der Waals surface area contributed by atoms with Crippen molar-refractivity contribution in [2.75, 3.05) is 26.2 Å². The Morgan fingerprint density at radius 3 is 2.68 bits per heavy atom. The molecular weight excluding hydrogens is 389 g/mol. The normalized spacial score (nSPS) is 10.5. The number of hydrogen-bond donors (Lipinski definition) is 2. The van der Waals surface area contributed by atoms with Crippen molar-refractivity contribution >= 4 is 29.9 Å². The van der Waals surface area contributed by atoms with Crippen molar-refractivity contribution in [3.8, 4) is 12.3 Å². The molecule has 122 valence electrons. The van der Waals surface area contributed by atoms with E-state index in [4.69, 9.17) is 11.2 Å². The molecule has 0 spiro atoms. The number of terminal acetylenes is 1. The highest BCUT2D eigenvalue weighted by molar-refractivity contribution is 14.0. The molecule has 5 heteroatoms. The summed E-state index contributed by atoms with van der Waals surface area (Å²) in [4.78, 5) is 4.45. The Balaban J connectivity index is 0.00000441. The van der Waals surface area contributed by atoms with Gasteiger partial charge in [-0.1, -0.05) is 36.3 Å². The third-order valence-corrected chi connectivity index (χ3v) is 2.78. The first kappa shape index (κ1) is 20.7. The van der Waals surface area contributed by atoms with Crippen LogP contribution in [0.1, 0.15) is 25.3 Å². The lowest BCUT2D eigenvalue weighted by Gasteiger charge is -2.08. The number of hydrogen-bond acceptors (Lipinski definition) is 2. The first-order valence-corrected chi connectivity index (χ1v) is 7.44. The van der Waals surface area contributed by atoms with Gasteiger partial charge in [0.2, 0.25) is 0 Å². The summed E-state index contributed by atoms with van der Waals surface area (Å²) in [5.74, 6) is 3.32. The molecule has 0 atom stereocenters. The van der Waals surface area contributed by atoms with Gasteiger partial charge in [0.1, 0.15) is 0 Å². The van der Waals surface area contributed by atoms with Crippen LogP contribution < -0.4 is 10.6 Å². The molecule has 1 rings (SSSR count). The molecule has 2 N–H and O–H groups in total. The second-order valence-electron chi connectivity index (χ2n) is 4.56. The molecular formula is C17H26IN3O. The molecule has 0 aliphatic rings. The van der Waals surface area contributed by atoms with Gasteiger partial charge >= 0.3 is 0 Å². The van der Waals surface area contributed by atoms with Crippen LogP contribution in [0.5, 0.6) is 0 Å². The van der Waals surface area contributed by atoms with Crippen molar-refractivity contribution in [3.05, 3.63) is 35.9 Å². The van der Waals surface area contributed by atoms with E-state index in [2.05, 4.69) is 33.7 Å². The molecule has 0 aliphatic carbocycles. The smallest absolute Gasteiger partial charge is 0.192 e. The van der Waals surface area contributed by atoms with E-state index >= 15 is 0 Å². The largest absolute Gasteiger partial charge is 0.377 e. The Labute approximate surface area is 151 Å². The number of benzene rings is 1. The number of guanidine groups is 1. The van der Waals surface area contributed by atoms with Crippen molar-refractivity contribution < 1.29 is 4.74 Å². The maximum atomic E-state index is 5.63. The van der Waals surface area contributed by atoms with Gasteiger partial charge in [-0.25, -0.2) is 0 Å². The number of unbranched alkanes of at least 4 members (excludes halogenated alkanes) is 1. The SMILES string of the molecule is C#CCNC(=NCCCCOCc1ccccc1)NCC.I. The molecule has 0 amide bonds. The maximum Gasteiger partial charge on any atom is 0.192 e. The summed E-state index contributed by atoms with van der Waals surface area (Å²) in [6.07, 6.45) is 7.23. The third kappa shape index (κ3) is 10.5. The standard InChI is InChI=1S/C17H25N3O.HI/c1-3-12-19-17(18-4-2)20-13-8-9-14-21-15-16-10-6-5-7-11-16;/h1,5-7,10-11H,4,8-9,12-15H2,2H3,(H2,18,19,20);1H. The molecule has 4 nitrogen and oxygen atoms in total. The molecule has 0 aromatic heterocycles. The van der Waals surface area contributed by atoms with Crippen LogP contribution in [0.2, 0.25) is 0 Å². The minimum Gasteiger partial charge on any atom is -0.377 e. The number of ether oxygens (including phenoxy) is 1. The summed E-state index contributed by atoms with van der Waals surface area (Å²) in [6, 6.07) is 10.2. The summed E-state index contributed by atoms with van der Waals surface area (Å²) in [5.41, 5.74) is 1.21. The Bertz CT molecular complexity index is 443. The minimum atomic E-state index is 0. The molecule has 1 aromatic rings. The van der Waals surface area contributed by atoms with E-state index in [1.807, 2.05) is 25.1 Å². The van der Waals surface area contributed by atoms with Crippen molar-refractivity contribution in [3.63, 3.8) is 0 Å². The van der Waals surface area contributed by atoms with E-state index in [0.717, 1.165) is 38.5 Å². The van der Waals surface area contributed by atoms with Gasteiger partial charge in [-0.2, -0.15) is 0 Å². The fourth-order valence-corrected chi connectivity index (χ4v) is 1.75. The van der Waals surface area contributed by atoms with Crippen molar-refractivity contribution in [2.24, 2.45) is 4.99 Å². The monoisotopic (exact) mass is 415 g/mol. The number of aliphatic imine (C=N–C) groups is 1. The van der Waals surface area contributed by atoms with Gasteiger partial charge in [-0.3, -0.25) is 4.99 Å². The molecule has 22 heavy (non-hydrogen) atoms. The highest BCUT2D eigenvalue weighted by Gasteiger charge is 1.95. The number of halogens is 1. The molecule has 0 saturated heterocycles. The van der Waals surface area contributed by atoms with Crippen LogP contribution in [0, 0.1) is 12.3 Å². The van der Waals surface area contributed by atoms with Crippen LogP contribution in [0.3, 0.4) is 0 Å². The molecule has 0 heterocycles. The highest BCUT2D eigenvalue weighted by Crippen LogP contribution is 2.01. The van der Waals surface area contributed by atoms with E-state index < -0.39 is 0 Å². The number of nitrogens with one attached hydrogen (secondary N) is 2. The van der Waals surface area contributed by atoms with Gasteiger partial charge in [0.15, 0.2) is 5.96 Å². The second-order valence-corrected chi connectivity index (χ2v) is 4.56. The first-order chi connectivity index (χ1) is 10.4. The zero-order chi connectivity index (χ0) is 15.2. The zero-order valence-corrected chi connectivity index (χ0v) is 15.5. The van der Waals surface area contributed by atoms with E-state index in [1.165, 1.54) is 5.56 Å². The Morgan fingerprint density at radius 1 is 1.23 bits per heavy atom. The summed E-state index contributed by atoms with van der Waals surface area (Å²) >= 11 is 0. The van der Waals surface area contributed by atoms with Gasteiger partial charge < -0.3 is 15.4 Å². The zero-order valence-electron chi connectivity index (χ0n) is 13.2. The Kier molecular flexibility index (Phi) is 13.8. The maximum absolute atomic E-state index is 5.63. The predicted octanol–water partition coefficient (Wildman–Crippen LogP) is 2.79. The lowest BCUT2D eigenvalue weighted by Crippen LogP contribution is -2.37. The van der Waals surface area contributed by atoms with Crippen LogP contribution in [-0.4, -0.2) is 32.2 Å². The van der Waals surface area contributed by atoms with Gasteiger partial charge in [0, 0.05) is 19.7 Å². The van der Waals surface area contributed by atoms with E-state index in [0.29, 0.717) is 13.2 Å². The average Bonchev–Trinajstić information content (AvgIpc) is 2.52. The van der Waals surface area contributed by atoms with Crippen LogP contribution in [-0.2, 0) is 11.3 Å². The third-order valence-electron chi connectivity index (χ3n) is 2.78. The van der Waals surface area contributed by atoms with E-state index in [1.54, 1.807) is 0 Å². The molecule has 0 aliphatic heterocycles. The van der Waals surface area contributed by atoms with Gasteiger partial charge in [-0.15, -0.1) is 30.4 Å². The van der Waals surface area contributed by atoms with Crippen LogP contribution in [0.15, 0.2) is 35.3 Å². The second kappa shape index (κ2) is 14.7. The molecule has 0 fully saturated rings. The van der Waals surface area contributed by atoms with E-state index in [-0.39, 0.29) is 24.0 Å². The van der Waals surface area contributed by atoms with Crippen molar-refractivity contribution in [1.82, 2.24) is 10.6 Å². The first-order valence-electron chi connectivity index (χ1n) is 7.44. The molecule has 1 aromatic carbocycles. The van der Waals surface area contributed by atoms with Crippen molar-refractivity contribution in [1.29, 1.82) is 0 Å². The molecule has 0 saturated carbocycles. The number of rotatable bonds is 9. The van der Waals surface area contributed by atoms with E-state index in [9.17, 15) is 0 Å². The number of nitrogens with zero attached hydrogens (tertiary/aromatic N) is 1. The fourth-order valence-electron chi connectivity index (χ4n) is 1.75. The Hall–Kier alpha value is -1.26. The summed E-state index contributed by atoms with van der Waals surface area (Å²) < 4.78 is 5.63. The minimum absolute atomic E-state index is 0. The summed E-state index contributed by atoms with van der Waals surface area (Å²) in [5, 5.41) is 6.22. The highest BCUT2D eigenvalue weighted by atomic mass is 127. The Morgan fingerprint density at radius 2 is 2.00 bits per heavy atom. The average molecular weight is 415 g/mol. The lowest BCUT2D eigenvalue weighted by molar-refractivity contribution is 0.117. The van der Waals surface area contributed by atoms with Crippen LogP contribution in [0.4, 0.5) is 0 Å². The predicted molar refractivity (Wildman–Crippen MR) is 104 cm³/mol. The topological polar surface area (TPSA) is 45.7 Å². The van der Waals surface area contributed by atoms with Gasteiger partial charge in [-0.05, 0) is 25.3 Å².